The average Bonchev–Trinajstić information content (AvgIpc) is 2.68. The molecule has 0 spiro atoms. The van der Waals surface area contributed by atoms with E-state index in [-0.39, 0.29) is 0 Å². The maximum absolute atomic E-state index is 5.79. The van der Waals surface area contributed by atoms with Crippen molar-refractivity contribution in [1.29, 1.82) is 0 Å². The van der Waals surface area contributed by atoms with E-state index in [1.807, 2.05) is 11.3 Å². The van der Waals surface area contributed by atoms with Crippen molar-refractivity contribution in [2.45, 2.75) is 40.2 Å². The van der Waals surface area contributed by atoms with Crippen LogP contribution >= 0.6 is 11.3 Å². The summed E-state index contributed by atoms with van der Waals surface area (Å²) in [6.45, 7) is 9.58. The van der Waals surface area contributed by atoms with E-state index in [2.05, 4.69) is 38.2 Å². The Hall–Kier alpha value is -0.380. The Kier molecular flexibility index (Phi) is 6.78. The minimum Gasteiger partial charge on any atom is -0.330 e. The lowest BCUT2D eigenvalue weighted by atomic mass is 9.94. The van der Waals surface area contributed by atoms with Gasteiger partial charge in [0.25, 0.3) is 0 Å². The molecule has 0 saturated carbocycles. The van der Waals surface area contributed by atoms with E-state index >= 15 is 0 Å². The molecule has 1 aromatic rings. The van der Waals surface area contributed by atoms with Gasteiger partial charge < -0.3 is 11.1 Å². The Morgan fingerprint density at radius 2 is 2.12 bits per heavy atom. The van der Waals surface area contributed by atoms with Gasteiger partial charge in [0.15, 0.2) is 0 Å². The lowest BCUT2D eigenvalue weighted by Crippen LogP contribution is -2.23. The van der Waals surface area contributed by atoms with E-state index in [9.17, 15) is 0 Å². The topological polar surface area (TPSA) is 38.0 Å². The Labute approximate surface area is 110 Å². The predicted octanol–water partition coefficient (Wildman–Crippen LogP) is 3.16. The molecule has 1 unspecified atom stereocenters. The fourth-order valence-electron chi connectivity index (χ4n) is 2.10. The van der Waals surface area contributed by atoms with E-state index in [0.717, 1.165) is 25.6 Å². The first-order valence-electron chi connectivity index (χ1n) is 6.58. The summed E-state index contributed by atoms with van der Waals surface area (Å²) in [5.41, 5.74) is 5.79. The molecule has 3 N–H and O–H groups in total. The molecule has 0 saturated heterocycles. The number of nitrogens with two attached hydrogens (primary N) is 1. The van der Waals surface area contributed by atoms with Crippen LogP contribution in [0.25, 0.3) is 0 Å². The fourth-order valence-corrected chi connectivity index (χ4v) is 2.96. The summed E-state index contributed by atoms with van der Waals surface area (Å²) in [4.78, 5) is 2.82. The Morgan fingerprint density at radius 3 is 2.65 bits per heavy atom. The number of rotatable bonds is 8. The van der Waals surface area contributed by atoms with Crippen LogP contribution in [-0.4, -0.2) is 13.1 Å². The van der Waals surface area contributed by atoms with Gasteiger partial charge in [0.05, 0.1) is 0 Å². The molecule has 0 fully saturated rings. The number of hydrogen-bond acceptors (Lipinski definition) is 3. The van der Waals surface area contributed by atoms with E-state index < -0.39 is 0 Å². The quantitative estimate of drug-likeness (QED) is 0.699. The highest BCUT2D eigenvalue weighted by molar-refractivity contribution is 7.11. The third-order valence-corrected chi connectivity index (χ3v) is 3.96. The molecular weight excluding hydrogens is 228 g/mol. The molecule has 0 aliphatic carbocycles. The first-order valence-corrected chi connectivity index (χ1v) is 7.39. The largest absolute Gasteiger partial charge is 0.330 e. The maximum Gasteiger partial charge on any atom is 0.0299 e. The minimum absolute atomic E-state index is 0.674. The van der Waals surface area contributed by atoms with Gasteiger partial charge >= 0.3 is 0 Å². The summed E-state index contributed by atoms with van der Waals surface area (Å²) in [6, 6.07) is 4.39. The first-order chi connectivity index (χ1) is 8.11. The molecule has 1 aromatic heterocycles. The standard InChI is InChI=1S/C14H26N2S/c1-11(2)8-13(9-15)6-7-16-10-14-5-4-12(3)17-14/h4-5,11,13,16H,6-10,15H2,1-3H3. The third-order valence-electron chi connectivity index (χ3n) is 2.96. The van der Waals surface area contributed by atoms with Gasteiger partial charge in [0, 0.05) is 16.3 Å². The zero-order valence-electron chi connectivity index (χ0n) is 11.3. The van der Waals surface area contributed by atoms with Gasteiger partial charge in [-0.3, -0.25) is 0 Å². The normalized spacial score (nSPS) is 13.2. The Morgan fingerprint density at radius 1 is 1.35 bits per heavy atom. The van der Waals surface area contributed by atoms with Crippen molar-refractivity contribution in [3.63, 3.8) is 0 Å². The van der Waals surface area contributed by atoms with Crippen molar-refractivity contribution < 1.29 is 0 Å². The highest BCUT2D eigenvalue weighted by Gasteiger charge is 2.08. The smallest absolute Gasteiger partial charge is 0.0299 e. The van der Waals surface area contributed by atoms with E-state index in [4.69, 9.17) is 5.73 Å². The summed E-state index contributed by atoms with van der Waals surface area (Å²) in [6.07, 6.45) is 2.44. The van der Waals surface area contributed by atoms with Crippen LogP contribution in [0.5, 0.6) is 0 Å². The summed E-state index contributed by atoms with van der Waals surface area (Å²) in [5, 5.41) is 3.51. The second-order valence-electron chi connectivity index (χ2n) is 5.21. The van der Waals surface area contributed by atoms with Gasteiger partial charge in [-0.15, -0.1) is 11.3 Å². The molecular formula is C14H26N2S. The molecule has 0 aromatic carbocycles. The van der Waals surface area contributed by atoms with Crippen LogP contribution in [0.15, 0.2) is 12.1 Å². The van der Waals surface area contributed by atoms with Crippen molar-refractivity contribution in [1.82, 2.24) is 5.32 Å². The zero-order chi connectivity index (χ0) is 12.7. The van der Waals surface area contributed by atoms with Crippen LogP contribution < -0.4 is 11.1 Å². The van der Waals surface area contributed by atoms with Crippen molar-refractivity contribution in [2.75, 3.05) is 13.1 Å². The van der Waals surface area contributed by atoms with Crippen LogP contribution in [0.3, 0.4) is 0 Å². The SMILES string of the molecule is Cc1ccc(CNCCC(CN)CC(C)C)s1. The zero-order valence-corrected chi connectivity index (χ0v) is 12.1. The molecule has 0 aliphatic rings. The predicted molar refractivity (Wildman–Crippen MR) is 77.4 cm³/mol. The maximum atomic E-state index is 5.79. The lowest BCUT2D eigenvalue weighted by Gasteiger charge is -2.16. The molecule has 1 rings (SSSR count). The van der Waals surface area contributed by atoms with Gasteiger partial charge in [0.1, 0.15) is 0 Å². The van der Waals surface area contributed by atoms with Crippen molar-refractivity contribution >= 4 is 11.3 Å². The summed E-state index contributed by atoms with van der Waals surface area (Å²) >= 11 is 1.88. The van der Waals surface area contributed by atoms with Crippen LogP contribution in [-0.2, 0) is 6.54 Å². The minimum atomic E-state index is 0.674. The number of aryl methyl sites for hydroxylation is 1. The third kappa shape index (κ3) is 6.20. The van der Waals surface area contributed by atoms with Gasteiger partial charge in [-0.2, -0.15) is 0 Å². The molecule has 0 bridgehead atoms. The van der Waals surface area contributed by atoms with Gasteiger partial charge in [-0.1, -0.05) is 13.8 Å². The highest BCUT2D eigenvalue weighted by atomic mass is 32.1. The molecule has 0 aliphatic heterocycles. The summed E-state index contributed by atoms with van der Waals surface area (Å²) < 4.78 is 0. The molecule has 17 heavy (non-hydrogen) atoms. The first kappa shape index (κ1) is 14.7. The van der Waals surface area contributed by atoms with Crippen LogP contribution in [0.1, 0.15) is 36.4 Å². The number of thiophene rings is 1. The van der Waals surface area contributed by atoms with Crippen LogP contribution in [0.4, 0.5) is 0 Å². The number of nitrogens with one attached hydrogen (secondary N) is 1. The van der Waals surface area contributed by atoms with Gasteiger partial charge in [-0.05, 0) is 56.8 Å². The van der Waals surface area contributed by atoms with Gasteiger partial charge in [-0.25, -0.2) is 0 Å². The molecule has 1 heterocycles. The van der Waals surface area contributed by atoms with Crippen molar-refractivity contribution in [3.05, 3.63) is 21.9 Å². The van der Waals surface area contributed by atoms with Crippen LogP contribution in [0.2, 0.25) is 0 Å². The second kappa shape index (κ2) is 7.85. The van der Waals surface area contributed by atoms with E-state index in [0.29, 0.717) is 5.92 Å². The lowest BCUT2D eigenvalue weighted by molar-refractivity contribution is 0.386. The summed E-state index contributed by atoms with van der Waals surface area (Å²) in [5.74, 6) is 1.43. The monoisotopic (exact) mass is 254 g/mol. The van der Waals surface area contributed by atoms with E-state index in [1.165, 1.54) is 22.6 Å². The molecule has 98 valence electrons. The highest BCUT2D eigenvalue weighted by Crippen LogP contribution is 2.15. The average molecular weight is 254 g/mol. The molecule has 0 amide bonds. The number of hydrogen-bond donors (Lipinski definition) is 2. The molecule has 3 heteroatoms. The molecule has 1 atom stereocenters. The van der Waals surface area contributed by atoms with E-state index in [1.54, 1.807) is 0 Å². The Bertz CT molecular complexity index is 307. The van der Waals surface area contributed by atoms with Crippen LogP contribution in [0, 0.1) is 18.8 Å². The summed E-state index contributed by atoms with van der Waals surface area (Å²) in [7, 11) is 0. The molecule has 2 nitrogen and oxygen atoms in total. The van der Waals surface area contributed by atoms with Gasteiger partial charge in [0.2, 0.25) is 0 Å². The fraction of sp³-hybridized carbons (Fsp3) is 0.714. The molecule has 0 radical (unpaired) electrons. The van der Waals surface area contributed by atoms with Crippen molar-refractivity contribution in [3.8, 4) is 0 Å². The van der Waals surface area contributed by atoms with Crippen molar-refractivity contribution in [2.24, 2.45) is 17.6 Å². The Balaban J connectivity index is 2.14. The second-order valence-corrected chi connectivity index (χ2v) is 6.58.